The van der Waals surface area contributed by atoms with E-state index in [-0.39, 0.29) is 18.3 Å². The Hall–Kier alpha value is -0.580. The van der Waals surface area contributed by atoms with E-state index in [0.717, 1.165) is 30.6 Å². The molecular weight excluding hydrogens is 256 g/mol. The maximum atomic E-state index is 12.0. The Bertz CT molecular complexity index is 380. The van der Waals surface area contributed by atoms with Gasteiger partial charge in [-0.25, -0.2) is 0 Å². The third-order valence-electron chi connectivity index (χ3n) is 3.20. The predicted molar refractivity (Wildman–Crippen MR) is 74.2 cm³/mol. The summed E-state index contributed by atoms with van der Waals surface area (Å²) < 4.78 is 0. The van der Waals surface area contributed by atoms with Gasteiger partial charge in [0.25, 0.3) is 5.91 Å². The van der Waals surface area contributed by atoms with Crippen molar-refractivity contribution in [3.63, 3.8) is 0 Å². The Morgan fingerprint density at radius 1 is 1.53 bits per heavy atom. The molecule has 96 valence electrons. The summed E-state index contributed by atoms with van der Waals surface area (Å²) >= 11 is 1.58. The molecule has 3 nitrogen and oxygen atoms in total. The van der Waals surface area contributed by atoms with Crippen molar-refractivity contribution >= 4 is 29.7 Å². The maximum Gasteiger partial charge on any atom is 0.252 e. The Morgan fingerprint density at radius 2 is 2.29 bits per heavy atom. The predicted octanol–water partition coefficient (Wildman–Crippen LogP) is 2.21. The van der Waals surface area contributed by atoms with E-state index >= 15 is 0 Å². The lowest BCUT2D eigenvalue weighted by Crippen LogP contribution is -2.48. The van der Waals surface area contributed by atoms with Crippen molar-refractivity contribution in [2.24, 2.45) is 5.92 Å². The van der Waals surface area contributed by atoms with Crippen LogP contribution in [0.4, 0.5) is 0 Å². The second kappa shape index (κ2) is 6.38. The molecule has 1 aliphatic rings. The maximum absolute atomic E-state index is 12.0. The summed E-state index contributed by atoms with van der Waals surface area (Å²) in [6, 6.07) is 0.313. The third kappa shape index (κ3) is 3.44. The van der Waals surface area contributed by atoms with E-state index in [0.29, 0.717) is 12.0 Å². The topological polar surface area (TPSA) is 41.1 Å². The second-order valence-corrected chi connectivity index (χ2v) is 5.26. The van der Waals surface area contributed by atoms with Crippen LogP contribution >= 0.6 is 23.7 Å². The van der Waals surface area contributed by atoms with Gasteiger partial charge in [-0.05, 0) is 43.3 Å². The highest BCUT2D eigenvalue weighted by molar-refractivity contribution is 7.08. The molecule has 2 atom stereocenters. The fraction of sp³-hybridized carbons (Fsp3) is 0.583. The van der Waals surface area contributed by atoms with Crippen molar-refractivity contribution in [3.05, 3.63) is 21.9 Å². The van der Waals surface area contributed by atoms with Crippen molar-refractivity contribution in [3.8, 4) is 0 Å². The van der Waals surface area contributed by atoms with Gasteiger partial charge in [0.2, 0.25) is 0 Å². The zero-order valence-electron chi connectivity index (χ0n) is 10.2. The van der Waals surface area contributed by atoms with Gasteiger partial charge in [0.1, 0.15) is 0 Å². The standard InChI is InChI=1S/C12H18N2OS.ClH/c1-8-5-13-4-3-11(8)14-12(15)10-7-16-6-9(10)2;/h6-8,11,13H,3-5H2,1-2H3,(H,14,15);1H. The van der Waals surface area contributed by atoms with Gasteiger partial charge in [0.05, 0.1) is 5.56 Å². The quantitative estimate of drug-likeness (QED) is 0.868. The van der Waals surface area contributed by atoms with Gasteiger partial charge in [-0.1, -0.05) is 6.92 Å². The number of halogens is 1. The van der Waals surface area contributed by atoms with Crippen LogP contribution in [0.5, 0.6) is 0 Å². The zero-order chi connectivity index (χ0) is 11.5. The normalized spacial score (nSPS) is 23.9. The minimum atomic E-state index is 0. The summed E-state index contributed by atoms with van der Waals surface area (Å²) in [6.45, 7) is 6.15. The van der Waals surface area contributed by atoms with E-state index in [2.05, 4.69) is 17.6 Å². The molecule has 2 heterocycles. The highest BCUT2D eigenvalue weighted by Crippen LogP contribution is 2.16. The Labute approximate surface area is 112 Å². The lowest BCUT2D eigenvalue weighted by atomic mass is 9.95. The molecule has 1 amide bonds. The molecule has 2 unspecified atom stereocenters. The number of amides is 1. The highest BCUT2D eigenvalue weighted by Gasteiger charge is 2.23. The van der Waals surface area contributed by atoms with Gasteiger partial charge in [-0.2, -0.15) is 11.3 Å². The van der Waals surface area contributed by atoms with Crippen molar-refractivity contribution in [1.82, 2.24) is 10.6 Å². The van der Waals surface area contributed by atoms with Crippen molar-refractivity contribution < 1.29 is 4.79 Å². The minimum absolute atomic E-state index is 0. The molecule has 1 saturated heterocycles. The van der Waals surface area contributed by atoms with Crippen LogP contribution in [0, 0.1) is 12.8 Å². The van der Waals surface area contributed by atoms with Gasteiger partial charge in [0.15, 0.2) is 0 Å². The number of hydrogen-bond acceptors (Lipinski definition) is 3. The molecular formula is C12H19ClN2OS. The SMILES string of the molecule is Cc1cscc1C(=O)NC1CCNCC1C.Cl. The molecule has 5 heteroatoms. The van der Waals surface area contributed by atoms with E-state index in [9.17, 15) is 4.79 Å². The van der Waals surface area contributed by atoms with Gasteiger partial charge < -0.3 is 10.6 Å². The van der Waals surface area contributed by atoms with Crippen molar-refractivity contribution in [2.75, 3.05) is 13.1 Å². The van der Waals surface area contributed by atoms with Crippen LogP contribution in [0.15, 0.2) is 10.8 Å². The number of piperidine rings is 1. The molecule has 1 aliphatic heterocycles. The fourth-order valence-electron chi connectivity index (χ4n) is 2.07. The fourth-order valence-corrected chi connectivity index (χ4v) is 2.90. The van der Waals surface area contributed by atoms with Gasteiger partial charge in [-0.3, -0.25) is 4.79 Å². The van der Waals surface area contributed by atoms with Crippen LogP contribution < -0.4 is 10.6 Å². The molecule has 0 radical (unpaired) electrons. The summed E-state index contributed by atoms with van der Waals surface area (Å²) in [5.41, 5.74) is 1.90. The minimum Gasteiger partial charge on any atom is -0.349 e. The number of aryl methyl sites for hydroxylation is 1. The van der Waals surface area contributed by atoms with Gasteiger partial charge in [0, 0.05) is 11.4 Å². The lowest BCUT2D eigenvalue weighted by molar-refractivity contribution is 0.0914. The first-order chi connectivity index (χ1) is 7.68. The van der Waals surface area contributed by atoms with Gasteiger partial charge in [-0.15, -0.1) is 12.4 Å². The van der Waals surface area contributed by atoms with Crippen LogP contribution in [-0.2, 0) is 0 Å². The summed E-state index contributed by atoms with van der Waals surface area (Å²) in [4.78, 5) is 12.0. The van der Waals surface area contributed by atoms with Gasteiger partial charge >= 0.3 is 0 Å². The highest BCUT2D eigenvalue weighted by atomic mass is 35.5. The number of thiophene rings is 1. The first kappa shape index (κ1) is 14.5. The van der Waals surface area contributed by atoms with E-state index in [4.69, 9.17) is 0 Å². The average Bonchev–Trinajstić information content (AvgIpc) is 2.68. The first-order valence-corrected chi connectivity index (χ1v) is 6.67. The second-order valence-electron chi connectivity index (χ2n) is 4.52. The first-order valence-electron chi connectivity index (χ1n) is 5.73. The Balaban J connectivity index is 0.00000144. The molecule has 2 N–H and O–H groups in total. The van der Waals surface area contributed by atoms with E-state index < -0.39 is 0 Å². The number of nitrogens with one attached hydrogen (secondary N) is 2. The van der Waals surface area contributed by atoms with Crippen LogP contribution in [0.3, 0.4) is 0 Å². The van der Waals surface area contributed by atoms with E-state index in [1.807, 2.05) is 17.7 Å². The molecule has 2 rings (SSSR count). The summed E-state index contributed by atoms with van der Waals surface area (Å²) in [6.07, 6.45) is 1.02. The smallest absolute Gasteiger partial charge is 0.252 e. The monoisotopic (exact) mass is 274 g/mol. The molecule has 0 saturated carbocycles. The summed E-state index contributed by atoms with van der Waals surface area (Å²) in [5.74, 6) is 0.592. The average molecular weight is 275 g/mol. The lowest BCUT2D eigenvalue weighted by Gasteiger charge is -2.30. The van der Waals surface area contributed by atoms with Crippen molar-refractivity contribution in [1.29, 1.82) is 0 Å². The molecule has 0 aromatic carbocycles. The van der Waals surface area contributed by atoms with Crippen LogP contribution in [0.2, 0.25) is 0 Å². The number of hydrogen-bond donors (Lipinski definition) is 2. The molecule has 1 aromatic heterocycles. The van der Waals surface area contributed by atoms with E-state index in [1.54, 1.807) is 11.3 Å². The third-order valence-corrected chi connectivity index (χ3v) is 4.06. The number of carbonyl (C=O) groups is 1. The molecule has 1 aromatic rings. The largest absolute Gasteiger partial charge is 0.349 e. The molecule has 0 aliphatic carbocycles. The zero-order valence-corrected chi connectivity index (χ0v) is 11.8. The van der Waals surface area contributed by atoms with Crippen LogP contribution in [0.1, 0.15) is 29.3 Å². The molecule has 0 bridgehead atoms. The summed E-state index contributed by atoms with van der Waals surface area (Å²) in [7, 11) is 0. The Kier molecular flexibility index (Phi) is 5.43. The Morgan fingerprint density at radius 3 is 2.88 bits per heavy atom. The molecule has 17 heavy (non-hydrogen) atoms. The van der Waals surface area contributed by atoms with Crippen LogP contribution in [0.25, 0.3) is 0 Å². The number of carbonyl (C=O) groups excluding carboxylic acids is 1. The summed E-state index contributed by atoms with van der Waals surface area (Å²) in [5, 5.41) is 10.4. The van der Waals surface area contributed by atoms with Crippen LogP contribution in [-0.4, -0.2) is 25.0 Å². The van der Waals surface area contributed by atoms with Crippen molar-refractivity contribution in [2.45, 2.75) is 26.3 Å². The molecule has 0 spiro atoms. The number of rotatable bonds is 2. The molecule has 1 fully saturated rings. The van der Waals surface area contributed by atoms with E-state index in [1.165, 1.54) is 0 Å².